The number of hydrogen-bond acceptors (Lipinski definition) is 2. The van der Waals surface area contributed by atoms with Crippen molar-refractivity contribution in [2.75, 3.05) is 7.11 Å². The standard InChI is InChI=1S/C11H13BrF3NO/c1-17-8-3-4-9(12)7(6-8)2-5-10(16)11(13,14)15/h3-4,6,10H,2,5,16H2,1H3. The Morgan fingerprint density at radius 3 is 2.59 bits per heavy atom. The van der Waals surface area contributed by atoms with Gasteiger partial charge in [-0.05, 0) is 36.6 Å². The van der Waals surface area contributed by atoms with Gasteiger partial charge in [0.05, 0.1) is 7.11 Å². The molecule has 1 rings (SSSR count). The molecule has 2 nitrogen and oxygen atoms in total. The van der Waals surface area contributed by atoms with Crippen LogP contribution in [0.1, 0.15) is 12.0 Å². The highest BCUT2D eigenvalue weighted by Gasteiger charge is 2.36. The van der Waals surface area contributed by atoms with Crippen LogP contribution in [0.15, 0.2) is 22.7 Å². The van der Waals surface area contributed by atoms with Gasteiger partial charge in [-0.1, -0.05) is 15.9 Å². The molecular weight excluding hydrogens is 299 g/mol. The predicted molar refractivity (Wildman–Crippen MR) is 63.0 cm³/mol. The zero-order valence-electron chi connectivity index (χ0n) is 9.22. The van der Waals surface area contributed by atoms with E-state index in [-0.39, 0.29) is 12.8 Å². The molecule has 0 saturated carbocycles. The summed E-state index contributed by atoms with van der Waals surface area (Å²) >= 11 is 3.28. The number of benzene rings is 1. The zero-order chi connectivity index (χ0) is 13.1. The van der Waals surface area contributed by atoms with E-state index in [9.17, 15) is 13.2 Å². The average Bonchev–Trinajstić information content (AvgIpc) is 2.26. The van der Waals surface area contributed by atoms with E-state index in [1.165, 1.54) is 7.11 Å². The fourth-order valence-electron chi connectivity index (χ4n) is 1.34. The van der Waals surface area contributed by atoms with Crippen LogP contribution < -0.4 is 10.5 Å². The summed E-state index contributed by atoms with van der Waals surface area (Å²) in [6, 6.07) is 3.39. The molecule has 96 valence electrons. The third-order valence-corrected chi connectivity index (χ3v) is 3.17. The van der Waals surface area contributed by atoms with Gasteiger partial charge in [0.1, 0.15) is 11.8 Å². The van der Waals surface area contributed by atoms with Crippen molar-refractivity contribution < 1.29 is 17.9 Å². The number of rotatable bonds is 4. The molecule has 1 aromatic carbocycles. The van der Waals surface area contributed by atoms with E-state index in [4.69, 9.17) is 10.5 Å². The summed E-state index contributed by atoms with van der Waals surface area (Å²) in [5, 5.41) is 0. The van der Waals surface area contributed by atoms with Crippen LogP contribution in [0.25, 0.3) is 0 Å². The van der Waals surface area contributed by atoms with Crippen LogP contribution in [0.3, 0.4) is 0 Å². The van der Waals surface area contributed by atoms with Crippen LogP contribution in [0.2, 0.25) is 0 Å². The van der Waals surface area contributed by atoms with Crippen molar-refractivity contribution >= 4 is 15.9 Å². The average molecular weight is 312 g/mol. The summed E-state index contributed by atoms with van der Waals surface area (Å²) in [4.78, 5) is 0. The van der Waals surface area contributed by atoms with E-state index < -0.39 is 12.2 Å². The first-order valence-corrected chi connectivity index (χ1v) is 5.78. The van der Waals surface area contributed by atoms with Gasteiger partial charge in [0.2, 0.25) is 0 Å². The molecule has 0 aliphatic carbocycles. The molecule has 1 unspecified atom stereocenters. The molecule has 6 heteroatoms. The maximum atomic E-state index is 12.2. The van der Waals surface area contributed by atoms with E-state index >= 15 is 0 Å². The van der Waals surface area contributed by atoms with Crippen LogP contribution in [0, 0.1) is 0 Å². The lowest BCUT2D eigenvalue weighted by atomic mass is 10.1. The molecule has 0 heterocycles. The van der Waals surface area contributed by atoms with Crippen molar-refractivity contribution in [3.63, 3.8) is 0 Å². The molecule has 2 N–H and O–H groups in total. The Kier molecular flexibility index (Phi) is 4.82. The molecule has 0 spiro atoms. The number of methoxy groups -OCH3 is 1. The highest BCUT2D eigenvalue weighted by molar-refractivity contribution is 9.10. The number of halogens is 4. The fraction of sp³-hybridized carbons (Fsp3) is 0.455. The van der Waals surface area contributed by atoms with Crippen molar-refractivity contribution in [3.8, 4) is 5.75 Å². The van der Waals surface area contributed by atoms with E-state index in [2.05, 4.69) is 15.9 Å². The van der Waals surface area contributed by atoms with Crippen molar-refractivity contribution in [2.24, 2.45) is 5.73 Å². The third-order valence-electron chi connectivity index (χ3n) is 2.40. The molecule has 0 radical (unpaired) electrons. The normalized spacial score (nSPS) is 13.5. The van der Waals surface area contributed by atoms with Crippen molar-refractivity contribution in [1.82, 2.24) is 0 Å². The monoisotopic (exact) mass is 311 g/mol. The Hall–Kier alpha value is -0.750. The lowest BCUT2D eigenvalue weighted by Crippen LogP contribution is -2.37. The molecular formula is C11H13BrF3NO. The number of alkyl halides is 3. The Bertz CT molecular complexity index is 381. The summed E-state index contributed by atoms with van der Waals surface area (Å²) in [6.07, 6.45) is -4.24. The molecule has 17 heavy (non-hydrogen) atoms. The van der Waals surface area contributed by atoms with Gasteiger partial charge in [-0.2, -0.15) is 13.2 Å². The Morgan fingerprint density at radius 2 is 2.06 bits per heavy atom. The van der Waals surface area contributed by atoms with E-state index in [0.717, 1.165) is 10.0 Å². The summed E-state index contributed by atoms with van der Waals surface area (Å²) in [5.41, 5.74) is 5.80. The lowest BCUT2D eigenvalue weighted by molar-refractivity contribution is -0.148. The number of hydrogen-bond donors (Lipinski definition) is 1. The number of ether oxygens (including phenoxy) is 1. The van der Waals surface area contributed by atoms with Gasteiger partial charge in [0.15, 0.2) is 0 Å². The van der Waals surface area contributed by atoms with Gasteiger partial charge < -0.3 is 10.5 Å². The van der Waals surface area contributed by atoms with Crippen LogP contribution in [0.4, 0.5) is 13.2 Å². The molecule has 1 aromatic rings. The van der Waals surface area contributed by atoms with Crippen molar-refractivity contribution in [2.45, 2.75) is 25.1 Å². The maximum Gasteiger partial charge on any atom is 0.403 e. The minimum absolute atomic E-state index is 0.144. The molecule has 0 fully saturated rings. The molecule has 0 aliphatic rings. The minimum atomic E-state index is -4.34. The SMILES string of the molecule is COc1ccc(Br)c(CCC(N)C(F)(F)F)c1. The highest BCUT2D eigenvalue weighted by Crippen LogP contribution is 2.26. The first-order chi connectivity index (χ1) is 7.84. The third kappa shape index (κ3) is 4.20. The summed E-state index contributed by atoms with van der Waals surface area (Å²) in [6.45, 7) is 0. The zero-order valence-corrected chi connectivity index (χ0v) is 10.8. The van der Waals surface area contributed by atoms with Gasteiger partial charge >= 0.3 is 6.18 Å². The van der Waals surface area contributed by atoms with Crippen LogP contribution >= 0.6 is 15.9 Å². The maximum absolute atomic E-state index is 12.2. The lowest BCUT2D eigenvalue weighted by Gasteiger charge is -2.15. The molecule has 0 amide bonds. The second-order valence-electron chi connectivity index (χ2n) is 3.64. The number of nitrogens with two attached hydrogens (primary N) is 1. The number of aryl methyl sites for hydroxylation is 1. The molecule has 0 bridgehead atoms. The molecule has 0 aromatic heterocycles. The van der Waals surface area contributed by atoms with Crippen LogP contribution in [0.5, 0.6) is 5.75 Å². The second-order valence-corrected chi connectivity index (χ2v) is 4.50. The second kappa shape index (κ2) is 5.73. The van der Waals surface area contributed by atoms with E-state index in [0.29, 0.717) is 5.75 Å². The van der Waals surface area contributed by atoms with Gasteiger partial charge in [-0.15, -0.1) is 0 Å². The summed E-state index contributed by atoms with van der Waals surface area (Å²) in [7, 11) is 1.51. The van der Waals surface area contributed by atoms with E-state index in [1.54, 1.807) is 18.2 Å². The Morgan fingerprint density at radius 1 is 1.41 bits per heavy atom. The van der Waals surface area contributed by atoms with Gasteiger partial charge in [0.25, 0.3) is 0 Å². The minimum Gasteiger partial charge on any atom is -0.497 e. The molecule has 0 saturated heterocycles. The first-order valence-electron chi connectivity index (χ1n) is 4.99. The van der Waals surface area contributed by atoms with E-state index in [1.807, 2.05) is 0 Å². The smallest absolute Gasteiger partial charge is 0.403 e. The van der Waals surface area contributed by atoms with Gasteiger partial charge in [-0.3, -0.25) is 0 Å². The molecule has 1 atom stereocenters. The van der Waals surface area contributed by atoms with Gasteiger partial charge in [0, 0.05) is 4.47 Å². The first kappa shape index (κ1) is 14.3. The van der Waals surface area contributed by atoms with Crippen molar-refractivity contribution in [1.29, 1.82) is 0 Å². The largest absolute Gasteiger partial charge is 0.497 e. The summed E-state index contributed by atoms with van der Waals surface area (Å²) in [5.74, 6) is 0.615. The Labute approximate surface area is 106 Å². The fourth-order valence-corrected chi connectivity index (χ4v) is 1.79. The van der Waals surface area contributed by atoms with Crippen LogP contribution in [-0.4, -0.2) is 19.3 Å². The topological polar surface area (TPSA) is 35.2 Å². The predicted octanol–water partition coefficient (Wildman–Crippen LogP) is 3.28. The summed E-state index contributed by atoms with van der Waals surface area (Å²) < 4.78 is 42.5. The molecule has 0 aliphatic heterocycles. The van der Waals surface area contributed by atoms with Crippen molar-refractivity contribution in [3.05, 3.63) is 28.2 Å². The van der Waals surface area contributed by atoms with Crippen LogP contribution in [-0.2, 0) is 6.42 Å². The quantitative estimate of drug-likeness (QED) is 0.926. The highest BCUT2D eigenvalue weighted by atomic mass is 79.9. The van der Waals surface area contributed by atoms with Gasteiger partial charge in [-0.25, -0.2) is 0 Å². The Balaban J connectivity index is 2.69.